The number of pyridine rings is 1. The molecule has 2 aromatic rings. The normalized spacial score (nSPS) is 17.0. The Balaban J connectivity index is 1.75. The van der Waals surface area contributed by atoms with Crippen molar-refractivity contribution in [1.82, 2.24) is 9.88 Å². The summed E-state index contributed by atoms with van der Waals surface area (Å²) in [5.41, 5.74) is 1.67. The van der Waals surface area contributed by atoms with Crippen molar-refractivity contribution in [3.63, 3.8) is 0 Å². The number of aromatic nitrogens is 1. The van der Waals surface area contributed by atoms with E-state index in [2.05, 4.69) is 4.98 Å². The average Bonchev–Trinajstić information content (AvgIpc) is 2.72. The summed E-state index contributed by atoms with van der Waals surface area (Å²) in [5, 5.41) is 0. The molecule has 2 heterocycles. The molecule has 1 amide bonds. The second-order valence-electron chi connectivity index (χ2n) is 6.57. The van der Waals surface area contributed by atoms with E-state index < -0.39 is 0 Å². The number of carbonyl (C=O) groups is 1. The molecule has 0 N–H and O–H groups in total. The minimum Gasteiger partial charge on any atom is -0.497 e. The topological polar surface area (TPSA) is 51.7 Å². The molecule has 1 atom stereocenters. The standard InChI is InChI=1S/C21H26N2O3/c1-25-18-11-12-19(20(15-18)26-2)21(24)23-14-6-4-8-17(23)10-9-16-7-3-5-13-22-16/h3,5,7,11-13,15,17H,4,6,8-10,14H2,1-2H3/t17-/m1/s1. The van der Waals surface area contributed by atoms with Crippen LogP contribution in [0.15, 0.2) is 42.6 Å². The van der Waals surface area contributed by atoms with Gasteiger partial charge in [0, 0.05) is 30.5 Å². The summed E-state index contributed by atoms with van der Waals surface area (Å²) < 4.78 is 10.7. The van der Waals surface area contributed by atoms with Gasteiger partial charge in [-0.15, -0.1) is 0 Å². The van der Waals surface area contributed by atoms with Crippen molar-refractivity contribution < 1.29 is 14.3 Å². The molecule has 1 aliphatic heterocycles. The third-order valence-electron chi connectivity index (χ3n) is 4.99. The number of piperidine rings is 1. The highest BCUT2D eigenvalue weighted by molar-refractivity contribution is 5.97. The van der Waals surface area contributed by atoms with E-state index in [1.807, 2.05) is 35.4 Å². The van der Waals surface area contributed by atoms with Crippen LogP contribution in [0.4, 0.5) is 0 Å². The van der Waals surface area contributed by atoms with Gasteiger partial charge in [0.25, 0.3) is 5.91 Å². The molecule has 1 aromatic carbocycles. The van der Waals surface area contributed by atoms with E-state index in [1.165, 1.54) is 0 Å². The van der Waals surface area contributed by atoms with Crippen LogP contribution in [0.3, 0.4) is 0 Å². The van der Waals surface area contributed by atoms with Crippen molar-refractivity contribution in [2.24, 2.45) is 0 Å². The van der Waals surface area contributed by atoms with E-state index in [1.54, 1.807) is 26.4 Å². The fourth-order valence-corrected chi connectivity index (χ4v) is 3.56. The molecule has 5 heteroatoms. The number of aryl methyl sites for hydroxylation is 1. The average molecular weight is 354 g/mol. The molecule has 0 aliphatic carbocycles. The lowest BCUT2D eigenvalue weighted by Gasteiger charge is -2.36. The van der Waals surface area contributed by atoms with E-state index in [9.17, 15) is 4.79 Å². The Kier molecular flexibility index (Phi) is 6.10. The highest BCUT2D eigenvalue weighted by atomic mass is 16.5. The second-order valence-corrected chi connectivity index (χ2v) is 6.57. The molecule has 1 aromatic heterocycles. The van der Waals surface area contributed by atoms with Gasteiger partial charge in [-0.1, -0.05) is 6.07 Å². The van der Waals surface area contributed by atoms with Gasteiger partial charge < -0.3 is 14.4 Å². The minimum atomic E-state index is 0.0372. The molecule has 1 aliphatic rings. The number of methoxy groups -OCH3 is 2. The van der Waals surface area contributed by atoms with Gasteiger partial charge in [-0.25, -0.2) is 0 Å². The van der Waals surface area contributed by atoms with E-state index in [4.69, 9.17) is 9.47 Å². The van der Waals surface area contributed by atoms with Crippen LogP contribution in [0.2, 0.25) is 0 Å². The smallest absolute Gasteiger partial charge is 0.257 e. The van der Waals surface area contributed by atoms with Gasteiger partial charge in [0.05, 0.1) is 19.8 Å². The molecule has 138 valence electrons. The van der Waals surface area contributed by atoms with Gasteiger partial charge in [0.1, 0.15) is 11.5 Å². The summed E-state index contributed by atoms with van der Waals surface area (Å²) in [7, 11) is 3.19. The van der Waals surface area contributed by atoms with Gasteiger partial charge in [-0.2, -0.15) is 0 Å². The Morgan fingerprint density at radius 1 is 1.19 bits per heavy atom. The molecular formula is C21H26N2O3. The van der Waals surface area contributed by atoms with Crippen molar-refractivity contribution in [2.45, 2.75) is 38.1 Å². The first-order valence-electron chi connectivity index (χ1n) is 9.16. The number of nitrogens with zero attached hydrogens (tertiary/aromatic N) is 2. The van der Waals surface area contributed by atoms with Gasteiger partial charge in [0.15, 0.2) is 0 Å². The zero-order chi connectivity index (χ0) is 18.4. The molecule has 0 bridgehead atoms. The first-order chi connectivity index (χ1) is 12.7. The van der Waals surface area contributed by atoms with Crippen molar-refractivity contribution in [3.05, 3.63) is 53.9 Å². The molecule has 0 saturated carbocycles. The number of benzene rings is 1. The molecule has 0 spiro atoms. The molecule has 26 heavy (non-hydrogen) atoms. The lowest BCUT2D eigenvalue weighted by molar-refractivity contribution is 0.0598. The van der Waals surface area contributed by atoms with Crippen LogP contribution in [0.5, 0.6) is 11.5 Å². The largest absolute Gasteiger partial charge is 0.497 e. The SMILES string of the molecule is COc1ccc(C(=O)N2CCCC[C@@H]2CCc2ccccn2)c(OC)c1. The quantitative estimate of drug-likeness (QED) is 0.793. The Bertz CT molecular complexity index is 733. The van der Waals surface area contributed by atoms with Crippen LogP contribution in [0, 0.1) is 0 Å². The third kappa shape index (κ3) is 4.15. The Morgan fingerprint density at radius 3 is 2.81 bits per heavy atom. The summed E-state index contributed by atoms with van der Waals surface area (Å²) in [6.45, 7) is 0.793. The number of hydrogen-bond donors (Lipinski definition) is 0. The van der Waals surface area contributed by atoms with Gasteiger partial charge in [0.2, 0.25) is 0 Å². The maximum absolute atomic E-state index is 13.2. The lowest BCUT2D eigenvalue weighted by atomic mass is 9.96. The fourth-order valence-electron chi connectivity index (χ4n) is 3.56. The van der Waals surface area contributed by atoms with Crippen LogP contribution in [0.25, 0.3) is 0 Å². The Hall–Kier alpha value is -2.56. The van der Waals surface area contributed by atoms with Crippen LogP contribution in [-0.4, -0.2) is 42.6 Å². The van der Waals surface area contributed by atoms with Gasteiger partial charge in [-0.3, -0.25) is 9.78 Å². The van der Waals surface area contributed by atoms with Crippen molar-refractivity contribution in [1.29, 1.82) is 0 Å². The second kappa shape index (κ2) is 8.70. The highest BCUT2D eigenvalue weighted by Crippen LogP contribution is 2.29. The van der Waals surface area contributed by atoms with E-state index in [0.29, 0.717) is 17.1 Å². The molecule has 5 nitrogen and oxygen atoms in total. The maximum atomic E-state index is 13.2. The van der Waals surface area contributed by atoms with Crippen LogP contribution in [-0.2, 0) is 6.42 Å². The number of hydrogen-bond acceptors (Lipinski definition) is 4. The van der Waals surface area contributed by atoms with E-state index in [0.717, 1.165) is 44.3 Å². The predicted octanol–water partition coefficient (Wildman–Crippen LogP) is 3.73. The Morgan fingerprint density at radius 2 is 2.08 bits per heavy atom. The zero-order valence-electron chi connectivity index (χ0n) is 15.5. The van der Waals surface area contributed by atoms with Crippen molar-refractivity contribution in [2.75, 3.05) is 20.8 Å². The highest BCUT2D eigenvalue weighted by Gasteiger charge is 2.29. The van der Waals surface area contributed by atoms with Gasteiger partial charge >= 0.3 is 0 Å². The summed E-state index contributed by atoms with van der Waals surface area (Å²) >= 11 is 0. The molecular weight excluding hydrogens is 328 g/mol. The minimum absolute atomic E-state index is 0.0372. The van der Waals surface area contributed by atoms with Gasteiger partial charge in [-0.05, 0) is 56.4 Å². The first kappa shape index (κ1) is 18.2. The maximum Gasteiger partial charge on any atom is 0.257 e. The molecule has 0 radical (unpaired) electrons. The molecule has 1 fully saturated rings. The molecule has 0 unspecified atom stereocenters. The summed E-state index contributed by atoms with van der Waals surface area (Å²) in [6, 6.07) is 11.6. The number of rotatable bonds is 6. The van der Waals surface area contributed by atoms with E-state index >= 15 is 0 Å². The first-order valence-corrected chi connectivity index (χ1v) is 9.16. The number of ether oxygens (including phenoxy) is 2. The number of amides is 1. The Labute approximate surface area is 155 Å². The zero-order valence-corrected chi connectivity index (χ0v) is 15.5. The lowest BCUT2D eigenvalue weighted by Crippen LogP contribution is -2.44. The van der Waals surface area contributed by atoms with E-state index in [-0.39, 0.29) is 11.9 Å². The van der Waals surface area contributed by atoms with Crippen molar-refractivity contribution in [3.8, 4) is 11.5 Å². The molecule has 1 saturated heterocycles. The summed E-state index contributed by atoms with van der Waals surface area (Å²) in [6.07, 6.45) is 6.88. The third-order valence-corrected chi connectivity index (χ3v) is 4.99. The van der Waals surface area contributed by atoms with Crippen LogP contribution >= 0.6 is 0 Å². The number of likely N-dealkylation sites (tertiary alicyclic amines) is 1. The summed E-state index contributed by atoms with van der Waals surface area (Å²) in [4.78, 5) is 19.6. The summed E-state index contributed by atoms with van der Waals surface area (Å²) in [5.74, 6) is 1.28. The fraction of sp³-hybridized carbons (Fsp3) is 0.429. The van der Waals surface area contributed by atoms with Crippen LogP contribution in [0.1, 0.15) is 41.7 Å². The van der Waals surface area contributed by atoms with Crippen LogP contribution < -0.4 is 9.47 Å². The molecule has 3 rings (SSSR count). The number of carbonyl (C=O) groups excluding carboxylic acids is 1. The monoisotopic (exact) mass is 354 g/mol. The predicted molar refractivity (Wildman–Crippen MR) is 101 cm³/mol. The van der Waals surface area contributed by atoms with Crippen molar-refractivity contribution >= 4 is 5.91 Å².